The van der Waals surface area contributed by atoms with Crippen molar-refractivity contribution in [2.45, 2.75) is 19.3 Å². The van der Waals surface area contributed by atoms with Gasteiger partial charge in [-0.3, -0.25) is 9.59 Å². The highest BCUT2D eigenvalue weighted by Crippen LogP contribution is 2.32. The first kappa shape index (κ1) is 13.7. The number of hydroxylamine groups is 2. The van der Waals surface area contributed by atoms with E-state index in [9.17, 15) is 14.4 Å². The third kappa shape index (κ3) is 2.40. The maximum absolute atomic E-state index is 12.1. The quantitative estimate of drug-likeness (QED) is 0.802. The smallest absolute Gasteiger partial charge is 0.385 e. The number of oxazole rings is 1. The molecule has 7 nitrogen and oxygen atoms in total. The number of imide groups is 1. The molecule has 1 aromatic carbocycles. The van der Waals surface area contributed by atoms with Crippen LogP contribution >= 0.6 is 0 Å². The second kappa shape index (κ2) is 5.05. The van der Waals surface area contributed by atoms with Gasteiger partial charge in [0.1, 0.15) is 6.26 Å². The van der Waals surface area contributed by atoms with Gasteiger partial charge in [0.25, 0.3) is 11.8 Å². The fourth-order valence-corrected chi connectivity index (χ4v) is 2.45. The molecule has 1 aromatic heterocycles. The van der Waals surface area contributed by atoms with E-state index in [0.29, 0.717) is 23.3 Å². The second-order valence-corrected chi connectivity index (χ2v) is 5.60. The predicted molar refractivity (Wildman–Crippen MR) is 75.3 cm³/mol. The average molecular weight is 312 g/mol. The lowest BCUT2D eigenvalue weighted by Gasteiger charge is -2.11. The van der Waals surface area contributed by atoms with Gasteiger partial charge in [-0.1, -0.05) is 17.2 Å². The van der Waals surface area contributed by atoms with E-state index in [4.69, 9.17) is 9.25 Å². The number of hydrogen-bond donors (Lipinski definition) is 0. The van der Waals surface area contributed by atoms with E-state index in [2.05, 4.69) is 4.98 Å². The summed E-state index contributed by atoms with van der Waals surface area (Å²) < 4.78 is 5.22. The molecule has 2 aromatic rings. The van der Waals surface area contributed by atoms with Crippen LogP contribution in [-0.2, 0) is 11.3 Å². The Morgan fingerprint density at radius 2 is 1.87 bits per heavy atom. The van der Waals surface area contributed by atoms with E-state index in [1.807, 2.05) is 0 Å². The van der Waals surface area contributed by atoms with Crippen LogP contribution < -0.4 is 0 Å². The molecule has 2 heterocycles. The summed E-state index contributed by atoms with van der Waals surface area (Å²) in [5.74, 6) is -1.21. The Labute approximate surface area is 130 Å². The molecule has 0 unspecified atom stereocenters. The van der Waals surface area contributed by atoms with Crippen LogP contribution in [0.3, 0.4) is 0 Å². The minimum Gasteiger partial charge on any atom is -0.448 e. The second-order valence-electron chi connectivity index (χ2n) is 5.60. The summed E-state index contributed by atoms with van der Waals surface area (Å²) in [5.41, 5.74) is 0.358. The van der Waals surface area contributed by atoms with Gasteiger partial charge < -0.3 is 9.25 Å². The van der Waals surface area contributed by atoms with Gasteiger partial charge in [0, 0.05) is 6.42 Å². The largest absolute Gasteiger partial charge is 0.448 e. The molecule has 4 rings (SSSR count). The van der Waals surface area contributed by atoms with Gasteiger partial charge in [0.05, 0.1) is 11.1 Å². The van der Waals surface area contributed by atoms with Gasteiger partial charge in [-0.15, -0.1) is 0 Å². The van der Waals surface area contributed by atoms with Gasteiger partial charge in [-0.05, 0) is 30.9 Å². The topological polar surface area (TPSA) is 89.7 Å². The fraction of sp³-hybridized carbons (Fsp3) is 0.250. The zero-order chi connectivity index (χ0) is 16.0. The minimum atomic E-state index is -0.898. The molecule has 23 heavy (non-hydrogen) atoms. The zero-order valence-electron chi connectivity index (χ0n) is 12.0. The van der Waals surface area contributed by atoms with Crippen LogP contribution in [0.2, 0.25) is 0 Å². The van der Waals surface area contributed by atoms with Crippen LogP contribution in [0.25, 0.3) is 0 Å². The number of rotatable bonds is 4. The third-order valence-corrected chi connectivity index (χ3v) is 3.85. The van der Waals surface area contributed by atoms with Crippen LogP contribution in [0.5, 0.6) is 0 Å². The van der Waals surface area contributed by atoms with Crippen LogP contribution in [0.1, 0.15) is 49.9 Å². The van der Waals surface area contributed by atoms with Crippen molar-refractivity contribution in [1.29, 1.82) is 0 Å². The van der Waals surface area contributed by atoms with E-state index in [-0.39, 0.29) is 16.8 Å². The van der Waals surface area contributed by atoms with Crippen molar-refractivity contribution >= 4 is 17.8 Å². The first-order valence-electron chi connectivity index (χ1n) is 7.28. The number of carbonyl (C=O) groups excluding carboxylic acids is 3. The van der Waals surface area contributed by atoms with E-state index in [1.165, 1.54) is 18.4 Å². The molecule has 0 saturated heterocycles. The molecule has 1 fully saturated rings. The average Bonchev–Trinajstić information content (AvgIpc) is 3.19. The molecule has 1 aliphatic heterocycles. The number of fused-ring (bicyclic) bond motifs is 1. The molecule has 1 saturated carbocycles. The number of benzene rings is 1. The monoisotopic (exact) mass is 312 g/mol. The van der Waals surface area contributed by atoms with Gasteiger partial charge in [-0.25, -0.2) is 9.78 Å². The maximum atomic E-state index is 12.1. The molecule has 116 valence electrons. The number of nitrogens with zero attached hydrogens (tertiary/aromatic N) is 2. The first-order valence-corrected chi connectivity index (χ1v) is 7.28. The van der Waals surface area contributed by atoms with Crippen LogP contribution in [0, 0.1) is 5.92 Å². The number of carbonyl (C=O) groups is 3. The zero-order valence-corrected chi connectivity index (χ0v) is 12.0. The van der Waals surface area contributed by atoms with Gasteiger partial charge in [0.15, 0.2) is 11.6 Å². The van der Waals surface area contributed by atoms with Crippen molar-refractivity contribution < 1.29 is 23.6 Å². The lowest BCUT2D eigenvalue weighted by atomic mass is 10.1. The summed E-state index contributed by atoms with van der Waals surface area (Å²) in [6, 6.07) is 6.29. The molecule has 0 spiro atoms. The maximum Gasteiger partial charge on any atom is 0.385 e. The molecule has 0 N–H and O–H groups in total. The van der Waals surface area contributed by atoms with Crippen molar-refractivity contribution in [2.24, 2.45) is 5.92 Å². The van der Waals surface area contributed by atoms with Crippen LogP contribution in [0.4, 0.5) is 0 Å². The summed E-state index contributed by atoms with van der Waals surface area (Å²) >= 11 is 0. The van der Waals surface area contributed by atoms with Crippen molar-refractivity contribution in [3.63, 3.8) is 0 Å². The van der Waals surface area contributed by atoms with E-state index in [0.717, 1.165) is 12.8 Å². The van der Waals surface area contributed by atoms with E-state index < -0.39 is 17.8 Å². The van der Waals surface area contributed by atoms with Crippen molar-refractivity contribution in [1.82, 2.24) is 10.0 Å². The predicted octanol–water partition coefficient (Wildman–Crippen LogP) is 2.00. The Hall–Kier alpha value is -2.96. The standard InChI is InChI=1S/C16H12N2O5/c19-14-10-3-1-2-4-11(10)15(20)18(14)23-16(21)12-8-22-13(17-12)7-9-5-6-9/h1-4,8-9H,5-7H2. The Morgan fingerprint density at radius 3 is 2.48 bits per heavy atom. The lowest BCUT2D eigenvalue weighted by molar-refractivity contribution is -0.0588. The van der Waals surface area contributed by atoms with Crippen molar-refractivity contribution in [3.8, 4) is 0 Å². The Bertz CT molecular complexity index is 786. The first-order chi connectivity index (χ1) is 11.1. The fourth-order valence-electron chi connectivity index (χ4n) is 2.45. The van der Waals surface area contributed by atoms with Gasteiger partial charge in [-0.2, -0.15) is 0 Å². The molecule has 0 atom stereocenters. The van der Waals surface area contributed by atoms with E-state index >= 15 is 0 Å². The normalized spacial score (nSPS) is 16.6. The summed E-state index contributed by atoms with van der Waals surface area (Å²) in [7, 11) is 0. The molecule has 2 aliphatic rings. The van der Waals surface area contributed by atoms with Gasteiger partial charge in [0.2, 0.25) is 0 Å². The molecular weight excluding hydrogens is 300 g/mol. The molecule has 7 heteroatoms. The van der Waals surface area contributed by atoms with Crippen molar-refractivity contribution in [2.75, 3.05) is 0 Å². The number of amides is 2. The molecular formula is C16H12N2O5. The lowest BCUT2D eigenvalue weighted by Crippen LogP contribution is -2.32. The number of aromatic nitrogens is 1. The van der Waals surface area contributed by atoms with Crippen molar-refractivity contribution in [3.05, 3.63) is 53.2 Å². The Kier molecular flexibility index (Phi) is 3.00. The summed E-state index contributed by atoms with van der Waals surface area (Å²) in [5, 5.41) is 0.461. The SMILES string of the molecule is O=C(ON1C(=O)c2ccccc2C1=O)c1coc(CC2CC2)n1. The Balaban J connectivity index is 1.49. The minimum absolute atomic E-state index is 0.0581. The number of hydrogen-bond acceptors (Lipinski definition) is 6. The third-order valence-electron chi connectivity index (χ3n) is 3.85. The van der Waals surface area contributed by atoms with Crippen LogP contribution in [0.15, 0.2) is 34.9 Å². The summed E-state index contributed by atoms with van der Waals surface area (Å²) in [6.45, 7) is 0. The van der Waals surface area contributed by atoms with Gasteiger partial charge >= 0.3 is 5.97 Å². The van der Waals surface area contributed by atoms with Crippen LogP contribution in [-0.4, -0.2) is 27.8 Å². The highest BCUT2D eigenvalue weighted by atomic mass is 16.7. The Morgan fingerprint density at radius 1 is 1.22 bits per heavy atom. The molecule has 1 aliphatic carbocycles. The molecule has 2 amide bonds. The summed E-state index contributed by atoms with van der Waals surface area (Å²) in [6.07, 6.45) is 4.13. The summed E-state index contributed by atoms with van der Waals surface area (Å²) in [4.78, 5) is 45.3. The highest BCUT2D eigenvalue weighted by Gasteiger charge is 2.39. The molecule has 0 bridgehead atoms. The van der Waals surface area contributed by atoms with E-state index in [1.54, 1.807) is 12.1 Å². The molecule has 0 radical (unpaired) electrons. The highest BCUT2D eigenvalue weighted by molar-refractivity contribution is 6.21.